The van der Waals surface area contributed by atoms with Gasteiger partial charge in [0.1, 0.15) is 5.76 Å². The maximum Gasteiger partial charge on any atom is 0.394 e. The van der Waals surface area contributed by atoms with Crippen LogP contribution in [-0.4, -0.2) is 22.1 Å². The molecule has 0 unspecified atom stereocenters. The van der Waals surface area contributed by atoms with Crippen LogP contribution in [0.5, 0.6) is 0 Å². The molecule has 3 aromatic carbocycles. The molecule has 0 fully saturated rings. The number of ketones is 1. The van der Waals surface area contributed by atoms with Crippen LogP contribution < -0.4 is 0 Å². The second-order valence-corrected chi connectivity index (χ2v) is 18.2. The molecule has 2 heterocycles. The molecule has 0 saturated carbocycles. The van der Waals surface area contributed by atoms with E-state index in [2.05, 4.69) is 58.0 Å². The maximum absolute atomic E-state index is 13.4. The number of benzene rings is 3. The fraction of sp³-hybridized carbons (Fsp3) is 0.458. The van der Waals surface area contributed by atoms with E-state index in [1.165, 1.54) is 30.9 Å². The van der Waals surface area contributed by atoms with E-state index in [4.69, 9.17) is 4.98 Å². The molecule has 0 atom stereocenters. The Balaban J connectivity index is 0.000000398. The Hall–Kier alpha value is -3.32. The summed E-state index contributed by atoms with van der Waals surface area (Å²) in [5.74, 6) is 0.286. The van der Waals surface area contributed by atoms with Crippen molar-refractivity contribution >= 4 is 38.0 Å². The van der Waals surface area contributed by atoms with E-state index in [9.17, 15) is 23.1 Å². The minimum Gasteiger partial charge on any atom is -0.512 e. The Morgan fingerprint density at radius 3 is 1.93 bits per heavy atom. The molecule has 0 amide bonds. The molecule has 5 aromatic rings. The standard InChI is InChI=1S/C33H31F3NS.C15H28O2.Ir/c1-20-25-15-16-37-28(24-17-23-9-7-8-10-26(23)27(18-24)31(2,3)4)30(25)38-29(20)22-13-11-21(12-14-22)19-32(5,6)33(34,35)36;1-7-14(5,8-2)12(16)11-13(17)15(6,9-3)10-4;/h7-16,18H,19H2,1-6H3;11,16H,7-10H2,1-6H3;/q-1;;/b;12-11-;. The molecule has 305 valence electrons. The molecule has 0 spiro atoms. The Morgan fingerprint density at radius 1 is 0.821 bits per heavy atom. The number of carbonyl (C=O) groups excluding carboxylic acids is 1. The van der Waals surface area contributed by atoms with Gasteiger partial charge in [-0.15, -0.1) is 40.5 Å². The van der Waals surface area contributed by atoms with Crippen molar-refractivity contribution in [1.29, 1.82) is 0 Å². The van der Waals surface area contributed by atoms with Gasteiger partial charge in [0, 0.05) is 58.5 Å². The first-order chi connectivity index (χ1) is 25.6. The summed E-state index contributed by atoms with van der Waals surface area (Å²) in [6.45, 7) is 23.3. The number of alkyl halides is 3. The molecule has 8 heteroatoms. The van der Waals surface area contributed by atoms with Crippen molar-refractivity contribution in [3.8, 4) is 21.7 Å². The third-order valence-corrected chi connectivity index (χ3v) is 13.3. The van der Waals surface area contributed by atoms with E-state index in [0.29, 0.717) is 5.56 Å². The van der Waals surface area contributed by atoms with Crippen LogP contribution in [0.4, 0.5) is 13.2 Å². The van der Waals surface area contributed by atoms with Gasteiger partial charge < -0.3 is 5.11 Å². The smallest absolute Gasteiger partial charge is 0.394 e. The number of thiophene rings is 1. The SMILES string of the molecule is CCC(C)(CC)C(=O)/C=C(\O)C(C)(CC)CC.Cc1c(-c2ccc(CC(C)(C)C(F)(F)F)cc2)sc2c(-c3[c-]c4ccccc4c(C(C)(C)C)c3)nccc12.[Ir]. The normalized spacial score (nSPS) is 13.0. The monoisotopic (exact) mass is 963 g/mol. The fourth-order valence-corrected chi connectivity index (χ4v) is 7.97. The molecule has 0 bridgehead atoms. The zero-order valence-corrected chi connectivity index (χ0v) is 38.4. The van der Waals surface area contributed by atoms with Crippen LogP contribution in [0.3, 0.4) is 0 Å². The van der Waals surface area contributed by atoms with E-state index in [-0.39, 0.29) is 54.3 Å². The van der Waals surface area contributed by atoms with Crippen molar-refractivity contribution in [2.75, 3.05) is 0 Å². The van der Waals surface area contributed by atoms with Crippen molar-refractivity contribution in [2.24, 2.45) is 16.2 Å². The first-order valence-corrected chi connectivity index (χ1v) is 20.3. The van der Waals surface area contributed by atoms with Crippen LogP contribution in [0.1, 0.15) is 119 Å². The van der Waals surface area contributed by atoms with Gasteiger partial charge in [-0.3, -0.25) is 9.78 Å². The molecule has 0 aliphatic carbocycles. The summed E-state index contributed by atoms with van der Waals surface area (Å²) < 4.78 is 41.2. The molecule has 5 rings (SSSR count). The van der Waals surface area contributed by atoms with E-state index < -0.39 is 11.6 Å². The predicted octanol–water partition coefficient (Wildman–Crippen LogP) is 15.0. The van der Waals surface area contributed by atoms with Crippen molar-refractivity contribution < 1.29 is 43.2 Å². The Morgan fingerprint density at radius 2 is 1.39 bits per heavy atom. The molecular formula is C48H59F3IrNO2S-. The number of aliphatic hydroxyl groups excluding tert-OH is 1. The van der Waals surface area contributed by atoms with Gasteiger partial charge in [0.25, 0.3) is 0 Å². The first kappa shape index (κ1) is 47.1. The van der Waals surface area contributed by atoms with Crippen LogP contribution in [-0.2, 0) is 36.7 Å². The van der Waals surface area contributed by atoms with Crippen molar-refractivity contribution in [3.63, 3.8) is 0 Å². The number of rotatable bonds is 11. The minimum absolute atomic E-state index is 0. The molecule has 0 saturated heterocycles. The topological polar surface area (TPSA) is 50.2 Å². The number of aryl methyl sites for hydroxylation is 1. The zero-order chi connectivity index (χ0) is 41.1. The number of nitrogens with zero attached hydrogens (tertiary/aromatic N) is 1. The van der Waals surface area contributed by atoms with Crippen molar-refractivity contribution in [2.45, 2.75) is 127 Å². The number of halogens is 3. The predicted molar refractivity (Wildman–Crippen MR) is 227 cm³/mol. The van der Waals surface area contributed by atoms with Crippen LogP contribution in [0.15, 0.2) is 78.7 Å². The Labute approximate surface area is 350 Å². The summed E-state index contributed by atoms with van der Waals surface area (Å²) in [5, 5.41) is 13.5. The van der Waals surface area contributed by atoms with Gasteiger partial charge >= 0.3 is 6.18 Å². The number of aliphatic hydroxyl groups is 1. The quantitative estimate of drug-likeness (QED) is 0.0815. The Bertz CT molecular complexity index is 2150. The van der Waals surface area contributed by atoms with E-state index >= 15 is 0 Å². The Kier molecular flexibility index (Phi) is 15.2. The molecule has 1 radical (unpaired) electrons. The zero-order valence-electron chi connectivity index (χ0n) is 35.1. The van der Waals surface area contributed by atoms with Crippen LogP contribution in [0.25, 0.3) is 42.6 Å². The summed E-state index contributed by atoms with van der Waals surface area (Å²) in [5.41, 5.74) is 3.54. The van der Waals surface area contributed by atoms with Gasteiger partial charge in [-0.25, -0.2) is 0 Å². The van der Waals surface area contributed by atoms with E-state index in [1.807, 2.05) is 84.1 Å². The number of pyridine rings is 1. The number of aromatic nitrogens is 1. The first-order valence-electron chi connectivity index (χ1n) is 19.5. The number of fused-ring (bicyclic) bond motifs is 2. The molecule has 0 aliphatic rings. The fourth-order valence-electron chi connectivity index (χ4n) is 6.66. The molecule has 2 aromatic heterocycles. The summed E-state index contributed by atoms with van der Waals surface area (Å²) in [6.07, 6.45) is 2.31. The number of hydrogen-bond donors (Lipinski definition) is 1. The maximum atomic E-state index is 13.4. The third kappa shape index (κ3) is 10.0. The van der Waals surface area contributed by atoms with Gasteiger partial charge in [0.2, 0.25) is 0 Å². The van der Waals surface area contributed by atoms with E-state index in [1.54, 1.807) is 11.3 Å². The summed E-state index contributed by atoms with van der Waals surface area (Å²) >= 11 is 1.68. The van der Waals surface area contributed by atoms with Crippen LogP contribution >= 0.6 is 11.3 Å². The van der Waals surface area contributed by atoms with Crippen molar-refractivity contribution in [1.82, 2.24) is 4.98 Å². The van der Waals surface area contributed by atoms with Gasteiger partial charge in [0.05, 0.1) is 5.41 Å². The third-order valence-electron chi connectivity index (χ3n) is 11.9. The largest absolute Gasteiger partial charge is 0.512 e. The molecule has 1 N–H and O–H groups in total. The summed E-state index contributed by atoms with van der Waals surface area (Å²) in [7, 11) is 0. The van der Waals surface area contributed by atoms with Crippen LogP contribution in [0.2, 0.25) is 0 Å². The summed E-state index contributed by atoms with van der Waals surface area (Å²) in [6, 6.07) is 23.7. The molecule has 56 heavy (non-hydrogen) atoms. The second kappa shape index (κ2) is 18.1. The number of hydrogen-bond acceptors (Lipinski definition) is 4. The van der Waals surface area contributed by atoms with Gasteiger partial charge in [-0.05, 0) is 72.6 Å². The number of carbonyl (C=O) groups is 1. The van der Waals surface area contributed by atoms with Gasteiger partial charge in [-0.2, -0.15) is 13.2 Å². The molecular weight excluding hydrogens is 904 g/mol. The minimum atomic E-state index is -4.25. The second-order valence-electron chi connectivity index (χ2n) is 17.2. The average Bonchev–Trinajstić information content (AvgIpc) is 3.49. The van der Waals surface area contributed by atoms with E-state index in [0.717, 1.165) is 68.4 Å². The van der Waals surface area contributed by atoms with Crippen LogP contribution in [0, 0.1) is 29.2 Å². The number of allylic oxidation sites excluding steroid dienone is 2. The molecule has 3 nitrogen and oxygen atoms in total. The van der Waals surface area contributed by atoms with Crippen molar-refractivity contribution in [3.05, 3.63) is 101 Å². The average molecular weight is 963 g/mol. The summed E-state index contributed by atoms with van der Waals surface area (Å²) in [4.78, 5) is 18.1. The van der Waals surface area contributed by atoms with Gasteiger partial charge in [-0.1, -0.05) is 130 Å². The molecule has 0 aliphatic heterocycles. The van der Waals surface area contributed by atoms with Gasteiger partial charge in [0.15, 0.2) is 5.78 Å².